The second kappa shape index (κ2) is 9.31. The Balaban J connectivity index is 1.64. The number of sulfone groups is 1. The molecule has 2 aromatic carbocycles. The summed E-state index contributed by atoms with van der Waals surface area (Å²) in [5.74, 6) is -2.00. The molecule has 3 aliphatic rings. The van der Waals surface area contributed by atoms with Gasteiger partial charge in [0.2, 0.25) is 0 Å². The van der Waals surface area contributed by atoms with Crippen molar-refractivity contribution in [2.75, 3.05) is 23.5 Å². The van der Waals surface area contributed by atoms with Gasteiger partial charge < -0.3 is 14.8 Å². The third-order valence-electron chi connectivity index (χ3n) is 7.60. The average Bonchev–Trinajstić information content (AvgIpc) is 3.21. The van der Waals surface area contributed by atoms with Gasteiger partial charge in [-0.15, -0.1) is 0 Å². The number of hydrogen-bond donors (Lipinski definition) is 1. The monoisotopic (exact) mass is 558 g/mol. The molecule has 7 nitrogen and oxygen atoms in total. The number of allylic oxidation sites excluding steroid dienone is 1. The van der Waals surface area contributed by atoms with Gasteiger partial charge in [-0.2, -0.15) is 5.26 Å². The third kappa shape index (κ3) is 4.23. The molecule has 0 spiro atoms. The summed E-state index contributed by atoms with van der Waals surface area (Å²) in [6.07, 6.45) is 6.23. The van der Waals surface area contributed by atoms with Crippen molar-refractivity contribution in [2.45, 2.75) is 12.0 Å². The summed E-state index contributed by atoms with van der Waals surface area (Å²) < 4.78 is 55.5. The zero-order valence-electron chi connectivity index (χ0n) is 21.7. The summed E-state index contributed by atoms with van der Waals surface area (Å²) in [5, 5.41) is 12.7. The Morgan fingerprint density at radius 1 is 1.12 bits per heavy atom. The van der Waals surface area contributed by atoms with E-state index in [1.165, 1.54) is 16.7 Å². The van der Waals surface area contributed by atoms with Gasteiger partial charge in [-0.1, -0.05) is 12.1 Å². The molecule has 3 aromatic rings. The number of aromatic nitrogens is 1. The number of hydrogen-bond acceptors (Lipinski definition) is 6. The van der Waals surface area contributed by atoms with Gasteiger partial charge in [-0.25, -0.2) is 17.2 Å². The number of halogens is 2. The molecule has 3 heterocycles. The predicted molar refractivity (Wildman–Crippen MR) is 149 cm³/mol. The number of nitrogens with zero attached hydrogens (tertiary/aromatic N) is 3. The van der Waals surface area contributed by atoms with Crippen LogP contribution in [0.5, 0.6) is 0 Å². The third-order valence-corrected chi connectivity index (χ3v) is 8.44. The molecule has 1 N–H and O–H groups in total. The Bertz CT molecular complexity index is 1880. The van der Waals surface area contributed by atoms with Gasteiger partial charge in [0, 0.05) is 49.8 Å². The zero-order valence-corrected chi connectivity index (χ0v) is 22.5. The van der Waals surface area contributed by atoms with E-state index >= 15 is 4.39 Å². The van der Waals surface area contributed by atoms with Crippen LogP contribution in [0.25, 0.3) is 11.3 Å². The second-order valence-corrected chi connectivity index (χ2v) is 12.4. The van der Waals surface area contributed by atoms with E-state index in [0.717, 1.165) is 23.5 Å². The second-order valence-electron chi connectivity index (χ2n) is 10.3. The van der Waals surface area contributed by atoms with Crippen molar-refractivity contribution in [2.24, 2.45) is 7.05 Å². The van der Waals surface area contributed by atoms with E-state index in [2.05, 4.69) is 11.4 Å². The number of rotatable bonds is 4. The van der Waals surface area contributed by atoms with E-state index < -0.39 is 27.5 Å². The zero-order chi connectivity index (χ0) is 28.3. The van der Waals surface area contributed by atoms with Crippen LogP contribution in [0, 0.1) is 23.0 Å². The van der Waals surface area contributed by atoms with E-state index in [4.69, 9.17) is 0 Å². The largest absolute Gasteiger partial charge is 0.383 e. The minimum atomic E-state index is -3.48. The number of pyridine rings is 1. The first-order valence-electron chi connectivity index (χ1n) is 12.6. The molecule has 2 aliphatic heterocycles. The van der Waals surface area contributed by atoms with Crippen molar-refractivity contribution >= 4 is 26.8 Å². The van der Waals surface area contributed by atoms with E-state index in [-0.39, 0.29) is 22.9 Å². The summed E-state index contributed by atoms with van der Waals surface area (Å²) >= 11 is 0. The Hall–Kier alpha value is -4.49. The summed E-state index contributed by atoms with van der Waals surface area (Å²) in [5.41, 5.74) is 4.47. The maximum absolute atomic E-state index is 15.2. The summed E-state index contributed by atoms with van der Waals surface area (Å²) in [4.78, 5) is 15.3. The first kappa shape index (κ1) is 25.8. The number of aryl methyl sites for hydroxylation is 1. The molecule has 0 saturated heterocycles. The van der Waals surface area contributed by atoms with E-state index in [9.17, 15) is 22.9 Å². The molecule has 10 heteroatoms. The minimum Gasteiger partial charge on any atom is -0.383 e. The number of nitrogens with one attached hydrogen (secondary N) is 1. The normalized spacial score (nSPS) is 19.6. The lowest BCUT2D eigenvalue weighted by Crippen LogP contribution is -2.44. The van der Waals surface area contributed by atoms with Crippen LogP contribution in [0.3, 0.4) is 0 Å². The van der Waals surface area contributed by atoms with Gasteiger partial charge in [0.25, 0.3) is 5.56 Å². The molecule has 2 unspecified atom stereocenters. The molecular formula is C30H24F2N4O3S. The van der Waals surface area contributed by atoms with Crippen LogP contribution < -0.4 is 15.8 Å². The van der Waals surface area contributed by atoms with E-state index in [0.29, 0.717) is 40.1 Å². The van der Waals surface area contributed by atoms with Crippen LogP contribution in [-0.2, 0) is 16.9 Å². The molecule has 0 amide bonds. The van der Waals surface area contributed by atoms with Crippen molar-refractivity contribution < 1.29 is 17.2 Å². The van der Waals surface area contributed by atoms with Crippen molar-refractivity contribution in [1.29, 1.82) is 5.26 Å². The lowest BCUT2D eigenvalue weighted by atomic mass is 9.80. The van der Waals surface area contributed by atoms with Crippen molar-refractivity contribution in [1.82, 2.24) is 9.88 Å². The predicted octanol–water partition coefficient (Wildman–Crippen LogP) is 3.85. The van der Waals surface area contributed by atoms with Crippen LogP contribution >= 0.6 is 0 Å². The molecule has 0 fully saturated rings. The Kier molecular flexibility index (Phi) is 6.00. The summed E-state index contributed by atoms with van der Waals surface area (Å²) in [6, 6.07) is 13.9. The SMILES string of the molecule is Cn1ccc2c(c1=O)C1=C3C(=CN(c4ccc(F)cc4F)C3C(c3ccc(C#N)cc3)CN1)C=C2CS(C)(=O)=O. The fourth-order valence-electron chi connectivity index (χ4n) is 5.87. The molecule has 1 aliphatic carbocycles. The van der Waals surface area contributed by atoms with Crippen molar-refractivity contribution in [3.8, 4) is 6.07 Å². The van der Waals surface area contributed by atoms with Crippen LogP contribution in [0.2, 0.25) is 0 Å². The molecule has 6 rings (SSSR count). The van der Waals surface area contributed by atoms with Crippen molar-refractivity contribution in [3.63, 3.8) is 0 Å². The maximum atomic E-state index is 15.2. The van der Waals surface area contributed by atoms with Gasteiger partial charge in [-0.3, -0.25) is 4.79 Å². The molecule has 1 aromatic heterocycles. The lowest BCUT2D eigenvalue weighted by Gasteiger charge is -2.39. The average molecular weight is 559 g/mol. The molecular weight excluding hydrogens is 534 g/mol. The number of nitriles is 1. The lowest BCUT2D eigenvalue weighted by molar-refractivity contribution is 0.536. The molecule has 0 bridgehead atoms. The van der Waals surface area contributed by atoms with E-state index in [1.54, 1.807) is 48.6 Å². The number of anilines is 1. The summed E-state index contributed by atoms with van der Waals surface area (Å²) in [7, 11) is -1.85. The van der Waals surface area contributed by atoms with Crippen LogP contribution in [-0.4, -0.2) is 37.6 Å². The quantitative estimate of drug-likeness (QED) is 0.523. The molecule has 2 atom stereocenters. The van der Waals surface area contributed by atoms with Crippen LogP contribution in [0.4, 0.5) is 14.5 Å². The molecule has 40 heavy (non-hydrogen) atoms. The van der Waals surface area contributed by atoms with Gasteiger partial charge in [-0.05, 0) is 58.7 Å². The topological polar surface area (TPSA) is 95.2 Å². The fourth-order valence-corrected chi connectivity index (χ4v) is 6.68. The number of benzene rings is 2. The van der Waals surface area contributed by atoms with Crippen LogP contribution in [0.1, 0.15) is 28.2 Å². The molecule has 0 saturated carbocycles. The van der Waals surface area contributed by atoms with E-state index in [1.807, 2.05) is 12.1 Å². The Labute approximate surface area is 229 Å². The Morgan fingerprint density at radius 2 is 1.88 bits per heavy atom. The van der Waals surface area contributed by atoms with Gasteiger partial charge >= 0.3 is 0 Å². The summed E-state index contributed by atoms with van der Waals surface area (Å²) in [6.45, 7) is 0.370. The first-order valence-corrected chi connectivity index (χ1v) is 14.6. The highest BCUT2D eigenvalue weighted by atomic mass is 32.2. The number of fused-ring (bicyclic) bond motifs is 2. The van der Waals surface area contributed by atoms with Crippen LogP contribution in [0.15, 0.2) is 82.9 Å². The van der Waals surface area contributed by atoms with Crippen molar-refractivity contribution in [3.05, 3.63) is 122 Å². The highest BCUT2D eigenvalue weighted by Gasteiger charge is 2.44. The molecule has 202 valence electrons. The van der Waals surface area contributed by atoms with Gasteiger partial charge in [0.1, 0.15) is 11.6 Å². The van der Waals surface area contributed by atoms with Gasteiger partial charge in [0.15, 0.2) is 9.84 Å². The maximum Gasteiger partial charge on any atom is 0.260 e. The minimum absolute atomic E-state index is 0.151. The first-order chi connectivity index (χ1) is 19.1. The highest BCUT2D eigenvalue weighted by Crippen LogP contribution is 2.48. The fraction of sp³-hybridized carbons (Fsp3) is 0.200. The standard InChI is InChI=1S/C30H24F2N4O3S/c1-35-10-9-22-20(16-40(2,38)39)11-19-15-36(25-8-7-21(31)12-24(25)32)29-23(18-5-3-17(13-33)4-6-18)14-34-28(26(19)29)27(22)30(35)37/h3-12,15,23,29,34H,14,16H2,1-2H3. The smallest absolute Gasteiger partial charge is 0.260 e. The van der Waals surface area contributed by atoms with Gasteiger partial charge in [0.05, 0.1) is 40.4 Å². The highest BCUT2D eigenvalue weighted by molar-refractivity contribution is 7.91. The molecule has 0 radical (unpaired) electrons. The Morgan fingerprint density at radius 3 is 2.55 bits per heavy atom.